The molecule has 0 unspecified atom stereocenters. The highest BCUT2D eigenvalue weighted by Gasteiger charge is 2.34. The third-order valence-corrected chi connectivity index (χ3v) is 2.42. The van der Waals surface area contributed by atoms with Crippen LogP contribution in [-0.2, 0) is 0 Å². The van der Waals surface area contributed by atoms with Gasteiger partial charge < -0.3 is 4.90 Å². The molecule has 0 heterocycles. The van der Waals surface area contributed by atoms with Gasteiger partial charge in [-0.05, 0) is 26.9 Å². The SMILES string of the molecule is CN(C)CC1(C#N)CCCC1. The highest BCUT2D eigenvalue weighted by molar-refractivity contribution is 5.03. The second-order valence-electron chi connectivity index (χ2n) is 3.84. The molecule has 0 N–H and O–H groups in total. The molecule has 1 rings (SSSR count). The van der Waals surface area contributed by atoms with E-state index < -0.39 is 0 Å². The molecule has 0 bridgehead atoms. The van der Waals surface area contributed by atoms with E-state index in [2.05, 4.69) is 11.0 Å². The Balaban J connectivity index is 2.54. The van der Waals surface area contributed by atoms with Crippen LogP contribution in [0.25, 0.3) is 0 Å². The molecule has 0 atom stereocenters. The molecule has 0 radical (unpaired) electrons. The first-order valence-corrected chi connectivity index (χ1v) is 4.24. The second kappa shape index (κ2) is 3.23. The van der Waals surface area contributed by atoms with Crippen molar-refractivity contribution in [2.24, 2.45) is 5.41 Å². The van der Waals surface area contributed by atoms with Crippen molar-refractivity contribution in [3.8, 4) is 6.07 Å². The van der Waals surface area contributed by atoms with Crippen molar-refractivity contribution in [2.45, 2.75) is 25.7 Å². The molecule has 0 aromatic carbocycles. The Hall–Kier alpha value is -0.550. The number of hydrogen-bond donors (Lipinski definition) is 0. The molecule has 1 fully saturated rings. The van der Waals surface area contributed by atoms with Crippen LogP contribution < -0.4 is 0 Å². The number of nitrogens with zero attached hydrogens (tertiary/aromatic N) is 2. The molecule has 2 heteroatoms. The highest BCUT2D eigenvalue weighted by atomic mass is 15.1. The Morgan fingerprint density at radius 2 is 1.91 bits per heavy atom. The number of hydrogen-bond acceptors (Lipinski definition) is 2. The molecule has 0 saturated heterocycles. The van der Waals surface area contributed by atoms with Gasteiger partial charge in [0.2, 0.25) is 0 Å². The minimum absolute atomic E-state index is 0.0104. The van der Waals surface area contributed by atoms with Crippen molar-refractivity contribution >= 4 is 0 Å². The third kappa shape index (κ3) is 1.94. The Morgan fingerprint density at radius 3 is 2.27 bits per heavy atom. The van der Waals surface area contributed by atoms with Crippen LogP contribution >= 0.6 is 0 Å². The second-order valence-corrected chi connectivity index (χ2v) is 3.84. The van der Waals surface area contributed by atoms with E-state index in [4.69, 9.17) is 5.26 Å². The van der Waals surface area contributed by atoms with Gasteiger partial charge in [0.15, 0.2) is 0 Å². The van der Waals surface area contributed by atoms with E-state index in [1.54, 1.807) is 0 Å². The molecular formula is C9H16N2. The lowest BCUT2D eigenvalue weighted by atomic mass is 9.88. The Labute approximate surface area is 68.8 Å². The molecule has 1 aliphatic rings. The lowest BCUT2D eigenvalue weighted by molar-refractivity contribution is 0.265. The molecule has 0 spiro atoms. The maximum Gasteiger partial charge on any atom is 0.0703 e. The molecule has 0 amide bonds. The van der Waals surface area contributed by atoms with Gasteiger partial charge in [-0.3, -0.25) is 0 Å². The van der Waals surface area contributed by atoms with Crippen LogP contribution in [0.15, 0.2) is 0 Å². The first-order valence-electron chi connectivity index (χ1n) is 4.24. The monoisotopic (exact) mass is 152 g/mol. The summed E-state index contributed by atoms with van der Waals surface area (Å²) in [6.45, 7) is 0.934. The van der Waals surface area contributed by atoms with Crippen molar-refractivity contribution in [1.29, 1.82) is 5.26 Å². The van der Waals surface area contributed by atoms with Gasteiger partial charge >= 0.3 is 0 Å². The van der Waals surface area contributed by atoms with Crippen LogP contribution in [-0.4, -0.2) is 25.5 Å². The fourth-order valence-corrected chi connectivity index (χ4v) is 1.96. The molecule has 1 aliphatic carbocycles. The summed E-state index contributed by atoms with van der Waals surface area (Å²) in [7, 11) is 4.08. The van der Waals surface area contributed by atoms with E-state index in [1.807, 2.05) is 14.1 Å². The smallest absolute Gasteiger partial charge is 0.0703 e. The number of nitriles is 1. The van der Waals surface area contributed by atoms with Crippen molar-refractivity contribution in [3.05, 3.63) is 0 Å². The largest absolute Gasteiger partial charge is 0.308 e. The quantitative estimate of drug-likeness (QED) is 0.601. The first-order chi connectivity index (χ1) is 5.18. The standard InChI is InChI=1S/C9H16N2/c1-11(2)8-9(7-10)5-3-4-6-9/h3-6,8H2,1-2H3. The summed E-state index contributed by atoms with van der Waals surface area (Å²) in [5.74, 6) is 0. The summed E-state index contributed by atoms with van der Waals surface area (Å²) in [4.78, 5) is 2.12. The Morgan fingerprint density at radius 1 is 1.36 bits per heavy atom. The minimum Gasteiger partial charge on any atom is -0.308 e. The normalized spacial score (nSPS) is 22.0. The van der Waals surface area contributed by atoms with Crippen molar-refractivity contribution in [1.82, 2.24) is 4.90 Å². The van der Waals surface area contributed by atoms with E-state index in [9.17, 15) is 0 Å². The molecule has 0 aromatic rings. The maximum atomic E-state index is 8.99. The minimum atomic E-state index is -0.0104. The van der Waals surface area contributed by atoms with Gasteiger partial charge in [0, 0.05) is 6.54 Å². The zero-order valence-corrected chi connectivity index (χ0v) is 7.43. The van der Waals surface area contributed by atoms with Crippen LogP contribution in [0.4, 0.5) is 0 Å². The maximum absolute atomic E-state index is 8.99. The lowest BCUT2D eigenvalue weighted by Crippen LogP contribution is -2.29. The van der Waals surface area contributed by atoms with Crippen LogP contribution in [0.3, 0.4) is 0 Å². The van der Waals surface area contributed by atoms with Crippen LogP contribution in [0.1, 0.15) is 25.7 Å². The van der Waals surface area contributed by atoms with Crippen LogP contribution in [0.5, 0.6) is 0 Å². The fraction of sp³-hybridized carbons (Fsp3) is 0.889. The van der Waals surface area contributed by atoms with Crippen molar-refractivity contribution in [2.75, 3.05) is 20.6 Å². The summed E-state index contributed by atoms with van der Waals surface area (Å²) in [5.41, 5.74) is -0.0104. The summed E-state index contributed by atoms with van der Waals surface area (Å²) >= 11 is 0. The van der Waals surface area contributed by atoms with Crippen LogP contribution in [0.2, 0.25) is 0 Å². The predicted octanol–water partition coefficient (Wildman–Crippen LogP) is 1.63. The van der Waals surface area contributed by atoms with E-state index in [1.165, 1.54) is 12.8 Å². The topological polar surface area (TPSA) is 27.0 Å². The summed E-state index contributed by atoms with van der Waals surface area (Å²) in [6, 6.07) is 2.47. The summed E-state index contributed by atoms with van der Waals surface area (Å²) < 4.78 is 0. The molecule has 11 heavy (non-hydrogen) atoms. The van der Waals surface area contributed by atoms with Gasteiger partial charge in [0.25, 0.3) is 0 Å². The molecule has 0 aromatic heterocycles. The third-order valence-electron chi connectivity index (χ3n) is 2.42. The molecular weight excluding hydrogens is 136 g/mol. The molecule has 1 saturated carbocycles. The first kappa shape index (κ1) is 8.55. The average Bonchev–Trinajstić information content (AvgIpc) is 2.36. The van der Waals surface area contributed by atoms with Gasteiger partial charge in [0.05, 0.1) is 11.5 Å². The van der Waals surface area contributed by atoms with E-state index in [0.717, 1.165) is 19.4 Å². The molecule has 0 aliphatic heterocycles. The Bertz CT molecular complexity index is 161. The highest BCUT2D eigenvalue weighted by Crippen LogP contribution is 2.37. The van der Waals surface area contributed by atoms with E-state index in [0.29, 0.717) is 0 Å². The van der Waals surface area contributed by atoms with Crippen molar-refractivity contribution in [3.63, 3.8) is 0 Å². The van der Waals surface area contributed by atoms with Gasteiger partial charge in [-0.15, -0.1) is 0 Å². The fourth-order valence-electron chi connectivity index (χ4n) is 1.96. The zero-order valence-electron chi connectivity index (χ0n) is 7.43. The van der Waals surface area contributed by atoms with E-state index in [-0.39, 0.29) is 5.41 Å². The summed E-state index contributed by atoms with van der Waals surface area (Å²) in [5, 5.41) is 8.99. The van der Waals surface area contributed by atoms with Crippen LogP contribution in [0, 0.1) is 16.7 Å². The number of rotatable bonds is 2. The zero-order chi connectivity index (χ0) is 8.32. The molecule has 2 nitrogen and oxygen atoms in total. The van der Waals surface area contributed by atoms with Gasteiger partial charge in [0.1, 0.15) is 0 Å². The summed E-state index contributed by atoms with van der Waals surface area (Å²) in [6.07, 6.45) is 4.67. The van der Waals surface area contributed by atoms with Crippen molar-refractivity contribution < 1.29 is 0 Å². The van der Waals surface area contributed by atoms with Gasteiger partial charge in [-0.1, -0.05) is 12.8 Å². The van der Waals surface area contributed by atoms with Gasteiger partial charge in [-0.2, -0.15) is 5.26 Å². The van der Waals surface area contributed by atoms with Gasteiger partial charge in [-0.25, -0.2) is 0 Å². The molecule has 62 valence electrons. The Kier molecular flexibility index (Phi) is 2.51. The average molecular weight is 152 g/mol. The van der Waals surface area contributed by atoms with E-state index >= 15 is 0 Å². The lowest BCUT2D eigenvalue weighted by Gasteiger charge is -2.23. The predicted molar refractivity (Wildman–Crippen MR) is 45.1 cm³/mol.